The highest BCUT2D eigenvalue weighted by Crippen LogP contribution is 2.24. The second-order valence-electron chi connectivity index (χ2n) is 9.86. The Hall–Kier alpha value is -2.66. The summed E-state index contributed by atoms with van der Waals surface area (Å²) < 4.78 is 0. The van der Waals surface area contributed by atoms with Crippen LogP contribution in [0.1, 0.15) is 70.4 Å². The van der Waals surface area contributed by atoms with Crippen LogP contribution in [0.3, 0.4) is 0 Å². The first-order valence-electron chi connectivity index (χ1n) is 13.4. The van der Waals surface area contributed by atoms with Crippen LogP contribution in [-0.4, -0.2) is 53.8 Å². The third kappa shape index (κ3) is 7.17. The molecule has 1 aliphatic rings. The lowest BCUT2D eigenvalue weighted by atomic mass is 9.96. The van der Waals surface area contributed by atoms with E-state index >= 15 is 0 Å². The molecule has 3 rings (SSSR count). The van der Waals surface area contributed by atoms with Crippen molar-refractivity contribution >= 4 is 11.8 Å². The largest absolute Gasteiger partial charge is 0.332 e. The molecule has 2 aromatic carbocycles. The van der Waals surface area contributed by atoms with Gasteiger partial charge in [0.15, 0.2) is 0 Å². The third-order valence-electron chi connectivity index (χ3n) is 7.14. The number of carbonyl (C=O) groups excluding carboxylic acids is 2. The Kier molecular flexibility index (Phi) is 10.3. The minimum Gasteiger partial charge on any atom is -0.332 e. The molecule has 0 aromatic heterocycles. The number of piperazine rings is 1. The Morgan fingerprint density at radius 2 is 1.57 bits per heavy atom. The minimum atomic E-state index is -0.437. The Morgan fingerprint density at radius 3 is 2.29 bits per heavy atom. The topological polar surface area (TPSA) is 52.7 Å². The number of benzene rings is 2. The fourth-order valence-corrected chi connectivity index (χ4v) is 4.82. The van der Waals surface area contributed by atoms with Gasteiger partial charge in [-0.15, -0.1) is 0 Å². The predicted octanol–water partition coefficient (Wildman–Crippen LogP) is 5.42. The lowest BCUT2D eigenvalue weighted by molar-refractivity contribution is -0.159. The van der Waals surface area contributed by atoms with Crippen LogP contribution in [0.2, 0.25) is 0 Å². The van der Waals surface area contributed by atoms with E-state index in [1.807, 2.05) is 6.92 Å². The molecule has 1 fully saturated rings. The van der Waals surface area contributed by atoms with E-state index in [-0.39, 0.29) is 17.9 Å². The van der Waals surface area contributed by atoms with E-state index in [0.717, 1.165) is 49.9 Å². The average Bonchev–Trinajstić information content (AvgIpc) is 2.88. The first kappa shape index (κ1) is 26.9. The van der Waals surface area contributed by atoms with E-state index in [1.165, 1.54) is 24.0 Å². The monoisotopic (exact) mass is 477 g/mol. The normalized spacial score (nSPS) is 18.4. The van der Waals surface area contributed by atoms with Gasteiger partial charge in [0.25, 0.3) is 0 Å². The number of unbranched alkanes of at least 4 members (excludes halogenated alkanes) is 4. The van der Waals surface area contributed by atoms with Gasteiger partial charge in [0.1, 0.15) is 12.1 Å². The molecule has 0 saturated carbocycles. The number of hydrogen-bond donors (Lipinski definition) is 1. The Morgan fingerprint density at radius 1 is 0.829 bits per heavy atom. The minimum absolute atomic E-state index is 0.0334. The maximum Gasteiger partial charge on any atom is 0.246 e. The molecule has 5 heteroatoms. The van der Waals surface area contributed by atoms with Gasteiger partial charge in [0, 0.05) is 26.6 Å². The molecule has 35 heavy (non-hydrogen) atoms. The molecule has 0 aliphatic carbocycles. The van der Waals surface area contributed by atoms with Crippen LogP contribution < -0.4 is 5.32 Å². The molecule has 190 valence electrons. The number of amides is 2. The molecule has 1 heterocycles. The zero-order valence-electron chi connectivity index (χ0n) is 22.1. The predicted molar refractivity (Wildman–Crippen MR) is 144 cm³/mol. The van der Waals surface area contributed by atoms with Gasteiger partial charge >= 0.3 is 0 Å². The van der Waals surface area contributed by atoms with Gasteiger partial charge in [-0.1, -0.05) is 82.0 Å². The van der Waals surface area contributed by atoms with Gasteiger partial charge in [-0.05, 0) is 54.6 Å². The van der Waals surface area contributed by atoms with Crippen LogP contribution in [0, 0.1) is 0 Å². The third-order valence-corrected chi connectivity index (χ3v) is 7.14. The van der Waals surface area contributed by atoms with Gasteiger partial charge in [-0.2, -0.15) is 0 Å². The van der Waals surface area contributed by atoms with Crippen LogP contribution in [0.4, 0.5) is 0 Å². The first-order chi connectivity index (χ1) is 17.0. The zero-order valence-corrected chi connectivity index (χ0v) is 22.1. The van der Waals surface area contributed by atoms with Crippen molar-refractivity contribution in [3.05, 3.63) is 59.7 Å². The molecule has 0 spiro atoms. The summed E-state index contributed by atoms with van der Waals surface area (Å²) in [5, 5.41) is 3.51. The van der Waals surface area contributed by atoms with Crippen molar-refractivity contribution < 1.29 is 9.59 Å². The summed E-state index contributed by atoms with van der Waals surface area (Å²) in [5.74, 6) is 0.106. The van der Waals surface area contributed by atoms with E-state index in [4.69, 9.17) is 0 Å². The lowest BCUT2D eigenvalue weighted by Crippen LogP contribution is -2.63. The van der Waals surface area contributed by atoms with Gasteiger partial charge in [0.05, 0.1) is 0 Å². The van der Waals surface area contributed by atoms with E-state index in [9.17, 15) is 9.59 Å². The SMILES string of the molecule is CCCCCCN1C(=O)[C@H](Cc2ccc(-c3cccc(CNCCCC)c3)cc2)N(C)C(=O)[C@@H]1C. The Labute approximate surface area is 211 Å². The van der Waals surface area contributed by atoms with Crippen LogP contribution in [0.15, 0.2) is 48.5 Å². The smallest absolute Gasteiger partial charge is 0.246 e. The number of hydrogen-bond acceptors (Lipinski definition) is 3. The molecule has 2 amide bonds. The van der Waals surface area contributed by atoms with E-state index in [1.54, 1.807) is 16.8 Å². The van der Waals surface area contributed by atoms with Crippen LogP contribution in [0.5, 0.6) is 0 Å². The van der Waals surface area contributed by atoms with Crippen LogP contribution in [-0.2, 0) is 22.6 Å². The second-order valence-corrected chi connectivity index (χ2v) is 9.86. The number of nitrogens with one attached hydrogen (secondary N) is 1. The van der Waals surface area contributed by atoms with Crippen molar-refractivity contribution in [1.82, 2.24) is 15.1 Å². The summed E-state index contributed by atoms with van der Waals surface area (Å²) in [4.78, 5) is 29.7. The molecular formula is C30H43N3O2. The number of rotatable bonds is 13. The van der Waals surface area contributed by atoms with Crippen LogP contribution >= 0.6 is 0 Å². The van der Waals surface area contributed by atoms with E-state index in [2.05, 4.69) is 67.7 Å². The Bertz CT molecular complexity index is 956. The highest BCUT2D eigenvalue weighted by molar-refractivity contribution is 5.96. The number of carbonyl (C=O) groups is 2. The Balaban J connectivity index is 1.66. The molecule has 0 radical (unpaired) electrons. The molecule has 2 atom stereocenters. The molecule has 2 aromatic rings. The average molecular weight is 478 g/mol. The molecule has 1 aliphatic heterocycles. The summed E-state index contributed by atoms with van der Waals surface area (Å²) >= 11 is 0. The van der Waals surface area contributed by atoms with E-state index < -0.39 is 6.04 Å². The van der Waals surface area contributed by atoms with Crippen molar-refractivity contribution in [3.63, 3.8) is 0 Å². The van der Waals surface area contributed by atoms with Crippen molar-refractivity contribution in [2.75, 3.05) is 20.1 Å². The molecule has 5 nitrogen and oxygen atoms in total. The quantitative estimate of drug-likeness (QED) is 0.392. The standard InChI is InChI=1S/C30H43N3O2/c1-5-7-9-10-19-33-23(3)29(34)32(4)28(30(33)35)21-24-14-16-26(17-15-24)27-13-11-12-25(20-27)22-31-18-8-6-2/h11-17,20,23,28,31H,5-10,18-19,21-22H2,1-4H3/t23-,28-/m0/s1. The van der Waals surface area contributed by atoms with Gasteiger partial charge in [-0.3, -0.25) is 9.59 Å². The fraction of sp³-hybridized carbons (Fsp3) is 0.533. The highest BCUT2D eigenvalue weighted by atomic mass is 16.2. The van der Waals surface area contributed by atoms with Crippen molar-refractivity contribution in [1.29, 1.82) is 0 Å². The van der Waals surface area contributed by atoms with Gasteiger partial charge < -0.3 is 15.1 Å². The van der Waals surface area contributed by atoms with Crippen LogP contribution in [0.25, 0.3) is 11.1 Å². The molecule has 0 unspecified atom stereocenters. The summed E-state index contributed by atoms with van der Waals surface area (Å²) in [6, 6.07) is 16.3. The van der Waals surface area contributed by atoms with Gasteiger partial charge in [0.2, 0.25) is 11.8 Å². The van der Waals surface area contributed by atoms with Crippen molar-refractivity contribution in [3.8, 4) is 11.1 Å². The second kappa shape index (κ2) is 13.4. The molecular weight excluding hydrogens is 434 g/mol. The van der Waals surface area contributed by atoms with E-state index in [0.29, 0.717) is 13.0 Å². The molecule has 0 bridgehead atoms. The lowest BCUT2D eigenvalue weighted by Gasteiger charge is -2.42. The number of likely N-dealkylation sites (N-methyl/N-ethyl adjacent to an activating group) is 1. The fourth-order valence-electron chi connectivity index (χ4n) is 4.82. The van der Waals surface area contributed by atoms with Crippen molar-refractivity contribution in [2.24, 2.45) is 0 Å². The van der Waals surface area contributed by atoms with Crippen molar-refractivity contribution in [2.45, 2.75) is 84.3 Å². The zero-order chi connectivity index (χ0) is 25.2. The highest BCUT2D eigenvalue weighted by Gasteiger charge is 2.41. The molecule has 1 saturated heterocycles. The maximum absolute atomic E-state index is 13.3. The summed E-state index contributed by atoms with van der Waals surface area (Å²) in [5.41, 5.74) is 4.71. The summed E-state index contributed by atoms with van der Waals surface area (Å²) in [6.07, 6.45) is 7.31. The first-order valence-corrected chi connectivity index (χ1v) is 13.4. The maximum atomic E-state index is 13.3. The number of nitrogens with zero attached hydrogens (tertiary/aromatic N) is 2. The van der Waals surface area contributed by atoms with Gasteiger partial charge in [-0.25, -0.2) is 0 Å². The molecule has 1 N–H and O–H groups in total. The summed E-state index contributed by atoms with van der Waals surface area (Å²) in [7, 11) is 1.77. The summed E-state index contributed by atoms with van der Waals surface area (Å²) in [6.45, 7) is 8.83.